The molecule has 0 aliphatic heterocycles. The Morgan fingerprint density at radius 2 is 2.00 bits per heavy atom. The van der Waals surface area contributed by atoms with Gasteiger partial charge in [-0.05, 0) is 19.1 Å². The zero-order valence-electron chi connectivity index (χ0n) is 10.6. The topological polar surface area (TPSA) is 103 Å². The van der Waals surface area contributed by atoms with E-state index < -0.39 is 22.5 Å². The van der Waals surface area contributed by atoms with Gasteiger partial charge in [0.25, 0.3) is 10.0 Å². The Bertz CT molecular complexity index is 709. The summed E-state index contributed by atoms with van der Waals surface area (Å²) in [4.78, 5) is 10.9. The molecule has 0 aliphatic carbocycles. The second-order valence-electron chi connectivity index (χ2n) is 4.10. The summed E-state index contributed by atoms with van der Waals surface area (Å²) in [6.45, 7) is 0.904. The Morgan fingerprint density at radius 1 is 1.35 bits per heavy atom. The van der Waals surface area contributed by atoms with Gasteiger partial charge >= 0.3 is 5.97 Å². The predicted octanol–water partition coefficient (Wildman–Crippen LogP) is 0.998. The first-order valence-corrected chi connectivity index (χ1v) is 7.16. The van der Waals surface area contributed by atoms with Gasteiger partial charge in [-0.3, -0.25) is 14.2 Å². The molecule has 0 saturated heterocycles. The molecule has 0 saturated carbocycles. The number of anilines is 1. The monoisotopic (exact) mass is 295 g/mol. The second-order valence-corrected chi connectivity index (χ2v) is 5.93. The van der Waals surface area contributed by atoms with Crippen LogP contribution in [0.1, 0.15) is 5.69 Å². The fraction of sp³-hybridized carbons (Fsp3) is 0.167. The molecule has 2 aromatic rings. The molecule has 0 spiro atoms. The number of carboxylic acids is 1. The van der Waals surface area contributed by atoms with Crippen molar-refractivity contribution >= 4 is 21.7 Å². The molecule has 106 valence electrons. The number of hydrogen-bond acceptors (Lipinski definition) is 4. The summed E-state index contributed by atoms with van der Waals surface area (Å²) in [6.07, 6.45) is 1.17. The van der Waals surface area contributed by atoms with Gasteiger partial charge in [0, 0.05) is 0 Å². The van der Waals surface area contributed by atoms with E-state index in [1.54, 1.807) is 25.1 Å². The van der Waals surface area contributed by atoms with Crippen LogP contribution in [0.4, 0.5) is 5.69 Å². The van der Waals surface area contributed by atoms with Gasteiger partial charge in [0.15, 0.2) is 0 Å². The normalized spacial score (nSPS) is 11.2. The van der Waals surface area contributed by atoms with E-state index in [-0.39, 0.29) is 10.6 Å². The van der Waals surface area contributed by atoms with Crippen LogP contribution >= 0.6 is 0 Å². The molecule has 0 fully saturated rings. The Morgan fingerprint density at radius 3 is 2.50 bits per heavy atom. The number of sulfonamides is 1. The summed E-state index contributed by atoms with van der Waals surface area (Å²) in [5, 5.41) is 15.1. The maximum atomic E-state index is 12.6. The van der Waals surface area contributed by atoms with Crippen LogP contribution < -0.4 is 4.31 Å². The maximum absolute atomic E-state index is 12.6. The lowest BCUT2D eigenvalue weighted by Crippen LogP contribution is -2.35. The van der Waals surface area contributed by atoms with Crippen molar-refractivity contribution in [1.29, 1.82) is 0 Å². The quantitative estimate of drug-likeness (QED) is 0.856. The van der Waals surface area contributed by atoms with Crippen molar-refractivity contribution < 1.29 is 18.3 Å². The van der Waals surface area contributed by atoms with Gasteiger partial charge < -0.3 is 5.11 Å². The van der Waals surface area contributed by atoms with Gasteiger partial charge in [0.2, 0.25) is 0 Å². The molecule has 0 atom stereocenters. The van der Waals surface area contributed by atoms with Crippen molar-refractivity contribution in [3.63, 3.8) is 0 Å². The van der Waals surface area contributed by atoms with Crippen LogP contribution in [0.5, 0.6) is 0 Å². The number of rotatable bonds is 5. The van der Waals surface area contributed by atoms with E-state index in [1.807, 2.05) is 0 Å². The van der Waals surface area contributed by atoms with E-state index in [9.17, 15) is 13.2 Å². The number of nitrogens with one attached hydrogen (secondary N) is 1. The van der Waals surface area contributed by atoms with E-state index in [0.717, 1.165) is 4.31 Å². The number of aryl methyl sites for hydroxylation is 1. The van der Waals surface area contributed by atoms with Crippen LogP contribution in [0, 0.1) is 6.92 Å². The van der Waals surface area contributed by atoms with Crippen molar-refractivity contribution in [2.45, 2.75) is 11.8 Å². The first-order chi connectivity index (χ1) is 9.43. The molecular weight excluding hydrogens is 282 g/mol. The molecular formula is C12H13N3O4S. The molecule has 1 aromatic heterocycles. The number of carboxylic acid groups (broad SMARTS) is 1. The van der Waals surface area contributed by atoms with Crippen molar-refractivity contribution in [2.75, 3.05) is 10.8 Å². The van der Waals surface area contributed by atoms with Crippen LogP contribution in [0.25, 0.3) is 0 Å². The molecule has 2 N–H and O–H groups in total. The van der Waals surface area contributed by atoms with Gasteiger partial charge in [-0.15, -0.1) is 0 Å². The molecule has 0 bridgehead atoms. The summed E-state index contributed by atoms with van der Waals surface area (Å²) in [7, 11) is -3.98. The molecule has 1 heterocycles. The Labute approximate surface area is 115 Å². The number of nitrogens with zero attached hydrogens (tertiary/aromatic N) is 2. The van der Waals surface area contributed by atoms with Crippen molar-refractivity contribution in [3.05, 3.63) is 42.2 Å². The van der Waals surface area contributed by atoms with Crippen LogP contribution in [0.2, 0.25) is 0 Å². The Hall–Kier alpha value is -2.35. The highest BCUT2D eigenvalue weighted by Gasteiger charge is 2.29. The summed E-state index contributed by atoms with van der Waals surface area (Å²) in [6, 6.07) is 8.08. The molecule has 1 aromatic carbocycles. The molecule has 0 amide bonds. The zero-order valence-corrected chi connectivity index (χ0v) is 11.5. The van der Waals surface area contributed by atoms with E-state index in [2.05, 4.69) is 10.2 Å². The number of para-hydroxylation sites is 1. The molecule has 0 aliphatic rings. The Kier molecular flexibility index (Phi) is 3.75. The fourth-order valence-corrected chi connectivity index (χ4v) is 3.29. The number of hydrogen-bond donors (Lipinski definition) is 2. The average molecular weight is 295 g/mol. The lowest BCUT2D eigenvalue weighted by Gasteiger charge is -2.22. The van der Waals surface area contributed by atoms with E-state index >= 15 is 0 Å². The van der Waals surface area contributed by atoms with E-state index in [0.29, 0.717) is 5.69 Å². The lowest BCUT2D eigenvalue weighted by atomic mass is 10.3. The van der Waals surface area contributed by atoms with Crippen molar-refractivity contribution in [1.82, 2.24) is 10.2 Å². The van der Waals surface area contributed by atoms with E-state index in [1.165, 1.54) is 18.3 Å². The smallest absolute Gasteiger partial charge is 0.324 e. The van der Waals surface area contributed by atoms with Gasteiger partial charge in [0.05, 0.1) is 17.6 Å². The lowest BCUT2D eigenvalue weighted by molar-refractivity contribution is -0.135. The van der Waals surface area contributed by atoms with Gasteiger partial charge in [-0.1, -0.05) is 18.2 Å². The highest BCUT2D eigenvalue weighted by atomic mass is 32.2. The third kappa shape index (κ3) is 2.64. The Balaban J connectivity index is 2.52. The number of aromatic amines is 1. The summed E-state index contributed by atoms with van der Waals surface area (Å²) in [5.74, 6) is -1.24. The number of benzene rings is 1. The minimum atomic E-state index is -3.98. The van der Waals surface area contributed by atoms with Crippen LogP contribution in [-0.4, -0.2) is 36.2 Å². The SMILES string of the molecule is Cc1[nH]ncc1S(=O)(=O)N(CC(=O)O)c1ccccc1. The van der Waals surface area contributed by atoms with E-state index in [4.69, 9.17) is 5.11 Å². The minimum Gasteiger partial charge on any atom is -0.480 e. The van der Waals surface area contributed by atoms with Crippen LogP contribution in [0.15, 0.2) is 41.4 Å². The molecule has 0 radical (unpaired) electrons. The third-order valence-corrected chi connectivity index (χ3v) is 4.56. The highest BCUT2D eigenvalue weighted by Crippen LogP contribution is 2.24. The first-order valence-electron chi connectivity index (χ1n) is 5.72. The van der Waals surface area contributed by atoms with Crippen molar-refractivity contribution in [3.8, 4) is 0 Å². The number of carbonyl (C=O) groups is 1. The predicted molar refractivity (Wildman–Crippen MR) is 71.9 cm³/mol. The molecule has 0 unspecified atom stereocenters. The molecule has 8 heteroatoms. The second kappa shape index (κ2) is 5.33. The molecule has 7 nitrogen and oxygen atoms in total. The third-order valence-electron chi connectivity index (χ3n) is 2.67. The summed E-state index contributed by atoms with van der Waals surface area (Å²) >= 11 is 0. The van der Waals surface area contributed by atoms with Gasteiger partial charge in [0.1, 0.15) is 11.4 Å². The highest BCUT2D eigenvalue weighted by molar-refractivity contribution is 7.93. The van der Waals surface area contributed by atoms with Crippen LogP contribution in [0.3, 0.4) is 0 Å². The fourth-order valence-electron chi connectivity index (χ4n) is 1.75. The summed E-state index contributed by atoms with van der Waals surface area (Å²) in [5.41, 5.74) is 0.645. The van der Waals surface area contributed by atoms with Gasteiger partial charge in [-0.2, -0.15) is 5.10 Å². The number of H-pyrrole nitrogens is 1. The minimum absolute atomic E-state index is 0.0393. The number of aliphatic carboxylic acids is 1. The number of aromatic nitrogens is 2. The van der Waals surface area contributed by atoms with Crippen molar-refractivity contribution in [2.24, 2.45) is 0 Å². The largest absolute Gasteiger partial charge is 0.480 e. The van der Waals surface area contributed by atoms with Gasteiger partial charge in [-0.25, -0.2) is 8.42 Å². The van der Waals surface area contributed by atoms with Crippen LogP contribution in [-0.2, 0) is 14.8 Å². The average Bonchev–Trinajstić information content (AvgIpc) is 2.83. The maximum Gasteiger partial charge on any atom is 0.324 e. The summed E-state index contributed by atoms with van der Waals surface area (Å²) < 4.78 is 25.9. The zero-order chi connectivity index (χ0) is 14.8. The standard InChI is InChI=1S/C12H13N3O4S/c1-9-11(7-13-14-9)20(18,19)15(8-12(16)17)10-5-3-2-4-6-10/h2-7H,8H2,1H3,(H,13,14)(H,16,17). The molecule has 2 rings (SSSR count). The first kappa shape index (κ1) is 14.1. The molecule has 20 heavy (non-hydrogen) atoms.